The fourth-order valence-corrected chi connectivity index (χ4v) is 1.26. The van der Waals surface area contributed by atoms with E-state index in [1.54, 1.807) is 39.2 Å². The SMILES string of the molecule is CNC(=O)c1cccnc1NCC(C)(C)C(N)=O. The van der Waals surface area contributed by atoms with Crippen molar-refractivity contribution < 1.29 is 9.59 Å². The Morgan fingerprint density at radius 2 is 2.11 bits per heavy atom. The van der Waals surface area contributed by atoms with E-state index in [-0.39, 0.29) is 5.91 Å². The molecule has 1 rings (SSSR count). The van der Waals surface area contributed by atoms with Crippen LogP contribution in [0.1, 0.15) is 24.2 Å². The Balaban J connectivity index is 2.86. The van der Waals surface area contributed by atoms with Gasteiger partial charge < -0.3 is 16.4 Å². The number of nitrogens with one attached hydrogen (secondary N) is 2. The first-order valence-corrected chi connectivity index (χ1v) is 5.59. The molecule has 1 heterocycles. The molecule has 0 spiro atoms. The number of carbonyl (C=O) groups excluding carboxylic acids is 2. The Bertz CT molecular complexity index is 457. The molecule has 0 aromatic carbocycles. The number of carbonyl (C=O) groups is 2. The largest absolute Gasteiger partial charge is 0.369 e. The molecule has 6 nitrogen and oxygen atoms in total. The number of anilines is 1. The number of hydrogen-bond donors (Lipinski definition) is 3. The van der Waals surface area contributed by atoms with Gasteiger partial charge in [-0.2, -0.15) is 0 Å². The Labute approximate surface area is 106 Å². The summed E-state index contributed by atoms with van der Waals surface area (Å²) >= 11 is 0. The second-order valence-corrected chi connectivity index (χ2v) is 4.58. The normalized spacial score (nSPS) is 10.8. The molecule has 0 radical (unpaired) electrons. The summed E-state index contributed by atoms with van der Waals surface area (Å²) in [6.07, 6.45) is 1.58. The van der Waals surface area contributed by atoms with Crippen LogP contribution in [0.4, 0.5) is 5.82 Å². The summed E-state index contributed by atoms with van der Waals surface area (Å²) in [6, 6.07) is 3.33. The number of hydrogen-bond acceptors (Lipinski definition) is 4. The van der Waals surface area contributed by atoms with Gasteiger partial charge in [0, 0.05) is 19.8 Å². The smallest absolute Gasteiger partial charge is 0.254 e. The summed E-state index contributed by atoms with van der Waals surface area (Å²) < 4.78 is 0. The van der Waals surface area contributed by atoms with Crippen molar-refractivity contribution in [1.82, 2.24) is 10.3 Å². The molecule has 1 aromatic heterocycles. The van der Waals surface area contributed by atoms with Crippen LogP contribution in [0.15, 0.2) is 18.3 Å². The first-order chi connectivity index (χ1) is 8.38. The van der Waals surface area contributed by atoms with Crippen LogP contribution in [-0.2, 0) is 4.79 Å². The lowest BCUT2D eigenvalue weighted by Gasteiger charge is -2.21. The predicted octanol–water partition coefficient (Wildman–Crippen LogP) is 0.365. The zero-order chi connectivity index (χ0) is 13.8. The fourth-order valence-electron chi connectivity index (χ4n) is 1.26. The van der Waals surface area contributed by atoms with Crippen LogP contribution in [0.5, 0.6) is 0 Å². The molecular formula is C12H18N4O2. The van der Waals surface area contributed by atoms with E-state index in [9.17, 15) is 9.59 Å². The van der Waals surface area contributed by atoms with E-state index in [4.69, 9.17) is 5.73 Å². The second-order valence-electron chi connectivity index (χ2n) is 4.58. The zero-order valence-corrected chi connectivity index (χ0v) is 10.8. The fraction of sp³-hybridized carbons (Fsp3) is 0.417. The first kappa shape index (κ1) is 14.0. The highest BCUT2D eigenvalue weighted by molar-refractivity contribution is 5.98. The second kappa shape index (κ2) is 5.48. The van der Waals surface area contributed by atoms with E-state index in [2.05, 4.69) is 15.6 Å². The van der Waals surface area contributed by atoms with Crippen molar-refractivity contribution in [1.29, 1.82) is 0 Å². The minimum atomic E-state index is -0.711. The molecule has 0 fully saturated rings. The topological polar surface area (TPSA) is 97.1 Å². The van der Waals surface area contributed by atoms with Gasteiger partial charge >= 0.3 is 0 Å². The Hall–Kier alpha value is -2.11. The molecule has 0 unspecified atom stereocenters. The standard InChI is InChI=1S/C12H18N4O2/c1-12(2,11(13)18)7-16-9-8(10(17)14-3)5-4-6-15-9/h4-6H,7H2,1-3H3,(H2,13,18)(H,14,17)(H,15,16). The molecule has 6 heteroatoms. The van der Waals surface area contributed by atoms with Crippen LogP contribution in [0.3, 0.4) is 0 Å². The number of aromatic nitrogens is 1. The van der Waals surface area contributed by atoms with Gasteiger partial charge in [-0.25, -0.2) is 4.98 Å². The number of nitrogens with two attached hydrogens (primary N) is 1. The maximum atomic E-state index is 11.6. The quantitative estimate of drug-likeness (QED) is 0.703. The first-order valence-electron chi connectivity index (χ1n) is 5.59. The molecule has 0 saturated heterocycles. The van der Waals surface area contributed by atoms with Gasteiger partial charge in [-0.15, -0.1) is 0 Å². The highest BCUT2D eigenvalue weighted by Gasteiger charge is 2.25. The molecule has 98 valence electrons. The van der Waals surface area contributed by atoms with Gasteiger partial charge in [0.15, 0.2) is 0 Å². The van der Waals surface area contributed by atoms with Gasteiger partial charge in [-0.1, -0.05) is 0 Å². The van der Waals surface area contributed by atoms with Crippen molar-refractivity contribution in [3.63, 3.8) is 0 Å². The average Bonchev–Trinajstić information content (AvgIpc) is 2.35. The van der Waals surface area contributed by atoms with E-state index >= 15 is 0 Å². The third-order valence-electron chi connectivity index (χ3n) is 2.64. The molecule has 18 heavy (non-hydrogen) atoms. The van der Waals surface area contributed by atoms with E-state index in [0.717, 1.165) is 0 Å². The van der Waals surface area contributed by atoms with E-state index < -0.39 is 11.3 Å². The molecule has 2 amide bonds. The molecule has 0 atom stereocenters. The minimum absolute atomic E-state index is 0.234. The third kappa shape index (κ3) is 3.19. The maximum Gasteiger partial charge on any atom is 0.254 e. The Morgan fingerprint density at radius 3 is 2.67 bits per heavy atom. The highest BCUT2D eigenvalue weighted by atomic mass is 16.2. The van der Waals surface area contributed by atoms with Crippen molar-refractivity contribution >= 4 is 17.6 Å². The third-order valence-corrected chi connectivity index (χ3v) is 2.64. The maximum absolute atomic E-state index is 11.6. The van der Waals surface area contributed by atoms with Gasteiger partial charge in [-0.3, -0.25) is 9.59 Å². The number of nitrogens with zero attached hydrogens (tertiary/aromatic N) is 1. The van der Waals surface area contributed by atoms with Gasteiger partial charge in [0.1, 0.15) is 5.82 Å². The van der Waals surface area contributed by atoms with Crippen LogP contribution in [0.25, 0.3) is 0 Å². The van der Waals surface area contributed by atoms with E-state index in [1.165, 1.54) is 0 Å². The predicted molar refractivity (Wildman–Crippen MR) is 69.1 cm³/mol. The summed E-state index contributed by atoms with van der Waals surface area (Å²) in [5, 5.41) is 5.51. The van der Waals surface area contributed by atoms with Gasteiger partial charge in [0.2, 0.25) is 5.91 Å². The van der Waals surface area contributed by atoms with Gasteiger partial charge in [0.25, 0.3) is 5.91 Å². The molecular weight excluding hydrogens is 232 g/mol. The molecule has 0 saturated carbocycles. The summed E-state index contributed by atoms with van der Waals surface area (Å²) in [6.45, 7) is 3.76. The molecule has 0 aliphatic heterocycles. The lowest BCUT2D eigenvalue weighted by atomic mass is 9.93. The number of pyridine rings is 1. The average molecular weight is 250 g/mol. The van der Waals surface area contributed by atoms with E-state index in [0.29, 0.717) is 17.9 Å². The van der Waals surface area contributed by atoms with Crippen molar-refractivity contribution in [2.24, 2.45) is 11.1 Å². The van der Waals surface area contributed by atoms with Crippen LogP contribution in [-0.4, -0.2) is 30.4 Å². The van der Waals surface area contributed by atoms with Crippen LogP contribution < -0.4 is 16.4 Å². The summed E-state index contributed by atoms with van der Waals surface area (Å²) in [7, 11) is 1.55. The van der Waals surface area contributed by atoms with Crippen molar-refractivity contribution in [3.8, 4) is 0 Å². The van der Waals surface area contributed by atoms with Gasteiger partial charge in [-0.05, 0) is 26.0 Å². The Morgan fingerprint density at radius 1 is 1.44 bits per heavy atom. The van der Waals surface area contributed by atoms with Crippen LogP contribution in [0.2, 0.25) is 0 Å². The lowest BCUT2D eigenvalue weighted by Crippen LogP contribution is -2.37. The summed E-state index contributed by atoms with van der Waals surface area (Å²) in [5.74, 6) is -0.207. The van der Waals surface area contributed by atoms with Crippen LogP contribution in [0, 0.1) is 5.41 Å². The van der Waals surface area contributed by atoms with Crippen molar-refractivity contribution in [3.05, 3.63) is 23.9 Å². The number of rotatable bonds is 5. The van der Waals surface area contributed by atoms with Gasteiger partial charge in [0.05, 0.1) is 11.0 Å². The molecule has 4 N–H and O–H groups in total. The summed E-state index contributed by atoms with van der Waals surface area (Å²) in [5.41, 5.74) is 5.00. The van der Waals surface area contributed by atoms with E-state index in [1.807, 2.05) is 0 Å². The van der Waals surface area contributed by atoms with Crippen molar-refractivity contribution in [2.45, 2.75) is 13.8 Å². The number of primary amides is 1. The van der Waals surface area contributed by atoms with Crippen LogP contribution >= 0.6 is 0 Å². The minimum Gasteiger partial charge on any atom is -0.369 e. The highest BCUT2D eigenvalue weighted by Crippen LogP contribution is 2.17. The molecule has 1 aromatic rings. The van der Waals surface area contributed by atoms with Crippen molar-refractivity contribution in [2.75, 3.05) is 18.9 Å². The molecule has 0 aliphatic carbocycles. The lowest BCUT2D eigenvalue weighted by molar-refractivity contribution is -0.125. The number of amides is 2. The Kier molecular flexibility index (Phi) is 4.25. The monoisotopic (exact) mass is 250 g/mol. The summed E-state index contributed by atoms with van der Waals surface area (Å²) in [4.78, 5) is 26.9. The molecule has 0 aliphatic rings. The zero-order valence-electron chi connectivity index (χ0n) is 10.8. The molecule has 0 bridgehead atoms.